The molecule has 0 saturated heterocycles. The fraction of sp³-hybridized carbons (Fsp3) is 0.647. The van der Waals surface area contributed by atoms with Gasteiger partial charge < -0.3 is 9.84 Å². The van der Waals surface area contributed by atoms with Crippen LogP contribution in [0.15, 0.2) is 18.2 Å². The van der Waals surface area contributed by atoms with Crippen LogP contribution in [-0.4, -0.2) is 11.7 Å². The van der Waals surface area contributed by atoms with Crippen molar-refractivity contribution in [3.05, 3.63) is 29.3 Å². The number of aliphatic hydroxyl groups excluding tert-OH is 1. The summed E-state index contributed by atoms with van der Waals surface area (Å²) >= 11 is 0. The molecule has 1 fully saturated rings. The van der Waals surface area contributed by atoms with E-state index in [4.69, 9.17) is 4.74 Å². The smallest absolute Gasteiger partial charge is 0.122 e. The summed E-state index contributed by atoms with van der Waals surface area (Å²) in [5.74, 6) is 1.73. The van der Waals surface area contributed by atoms with Crippen molar-refractivity contribution in [2.75, 3.05) is 6.61 Å². The summed E-state index contributed by atoms with van der Waals surface area (Å²) in [6.45, 7) is 0.830. The molecule has 0 amide bonds. The molecule has 1 saturated carbocycles. The highest BCUT2D eigenvalue weighted by atomic mass is 16.5. The van der Waals surface area contributed by atoms with Gasteiger partial charge in [0.05, 0.1) is 12.7 Å². The van der Waals surface area contributed by atoms with Gasteiger partial charge >= 0.3 is 0 Å². The van der Waals surface area contributed by atoms with Crippen LogP contribution < -0.4 is 4.74 Å². The third kappa shape index (κ3) is 3.11. The first-order valence-corrected chi connectivity index (χ1v) is 7.76. The summed E-state index contributed by atoms with van der Waals surface area (Å²) in [5, 5.41) is 10.4. The Hall–Kier alpha value is -1.02. The third-order valence-corrected chi connectivity index (χ3v) is 4.60. The van der Waals surface area contributed by atoms with Gasteiger partial charge in [-0.3, -0.25) is 0 Å². The summed E-state index contributed by atoms with van der Waals surface area (Å²) in [6.07, 6.45) is 9.47. The van der Waals surface area contributed by atoms with E-state index in [1.807, 2.05) is 12.1 Å². The molecule has 0 aromatic heterocycles. The molecule has 2 aliphatic rings. The molecule has 2 heteroatoms. The number of benzene rings is 1. The minimum atomic E-state index is -0.296. The van der Waals surface area contributed by atoms with Gasteiger partial charge in [-0.2, -0.15) is 0 Å². The average Bonchev–Trinajstić information content (AvgIpc) is 2.48. The second-order valence-corrected chi connectivity index (χ2v) is 6.07. The standard InChI is InChI=1S/C17H24O2/c18-16(11-13-5-2-1-3-6-13)14-8-9-17-15(12-14)7-4-10-19-17/h8-9,12-13,16,18H,1-7,10-11H2. The van der Waals surface area contributed by atoms with E-state index in [1.165, 1.54) is 37.7 Å². The first-order chi connectivity index (χ1) is 9.33. The molecule has 2 nitrogen and oxygen atoms in total. The van der Waals surface area contributed by atoms with Crippen LogP contribution in [0, 0.1) is 5.92 Å². The van der Waals surface area contributed by atoms with Crippen LogP contribution in [0.5, 0.6) is 5.75 Å². The van der Waals surface area contributed by atoms with Crippen LogP contribution >= 0.6 is 0 Å². The van der Waals surface area contributed by atoms with Crippen molar-refractivity contribution >= 4 is 0 Å². The molecule has 1 heterocycles. The predicted molar refractivity (Wildman–Crippen MR) is 76.4 cm³/mol. The van der Waals surface area contributed by atoms with Gasteiger partial charge in [-0.1, -0.05) is 38.2 Å². The molecule has 0 bridgehead atoms. The number of aliphatic hydroxyl groups is 1. The van der Waals surface area contributed by atoms with E-state index < -0.39 is 0 Å². The number of fused-ring (bicyclic) bond motifs is 1. The Morgan fingerprint density at radius 1 is 1.16 bits per heavy atom. The van der Waals surface area contributed by atoms with E-state index in [9.17, 15) is 5.11 Å². The van der Waals surface area contributed by atoms with Gasteiger partial charge in [0.2, 0.25) is 0 Å². The maximum Gasteiger partial charge on any atom is 0.122 e. The predicted octanol–water partition coefficient (Wildman–Crippen LogP) is 4.02. The topological polar surface area (TPSA) is 29.5 Å². The lowest BCUT2D eigenvalue weighted by Crippen LogP contribution is -2.12. The van der Waals surface area contributed by atoms with Gasteiger partial charge in [0.15, 0.2) is 0 Å². The van der Waals surface area contributed by atoms with Crippen molar-refractivity contribution in [2.24, 2.45) is 5.92 Å². The Morgan fingerprint density at radius 3 is 2.84 bits per heavy atom. The summed E-state index contributed by atoms with van der Waals surface area (Å²) in [7, 11) is 0. The Morgan fingerprint density at radius 2 is 2.00 bits per heavy atom. The van der Waals surface area contributed by atoms with Crippen molar-refractivity contribution in [3.63, 3.8) is 0 Å². The minimum Gasteiger partial charge on any atom is -0.493 e. The SMILES string of the molecule is OC(CC1CCCCC1)c1ccc2c(c1)CCCO2. The highest BCUT2D eigenvalue weighted by molar-refractivity contribution is 5.39. The molecule has 1 N–H and O–H groups in total. The molecule has 1 aliphatic carbocycles. The lowest BCUT2D eigenvalue weighted by Gasteiger charge is -2.25. The second kappa shape index (κ2) is 5.96. The summed E-state index contributed by atoms with van der Waals surface area (Å²) in [5.41, 5.74) is 2.35. The van der Waals surface area contributed by atoms with Crippen LogP contribution in [0.3, 0.4) is 0 Å². The molecule has 1 unspecified atom stereocenters. The Bertz CT molecular complexity index is 421. The zero-order valence-electron chi connectivity index (χ0n) is 11.6. The number of aryl methyl sites for hydroxylation is 1. The molecular weight excluding hydrogens is 236 g/mol. The van der Waals surface area contributed by atoms with Crippen molar-refractivity contribution in [3.8, 4) is 5.75 Å². The van der Waals surface area contributed by atoms with E-state index in [0.717, 1.165) is 43.1 Å². The molecule has 1 aliphatic heterocycles. The third-order valence-electron chi connectivity index (χ3n) is 4.60. The van der Waals surface area contributed by atoms with Gasteiger partial charge in [-0.05, 0) is 48.4 Å². The zero-order valence-corrected chi connectivity index (χ0v) is 11.6. The average molecular weight is 260 g/mol. The summed E-state index contributed by atoms with van der Waals surface area (Å²) < 4.78 is 5.63. The van der Waals surface area contributed by atoms with Crippen LogP contribution in [0.2, 0.25) is 0 Å². The van der Waals surface area contributed by atoms with Crippen LogP contribution in [0.4, 0.5) is 0 Å². The minimum absolute atomic E-state index is 0.296. The Kier molecular flexibility index (Phi) is 4.07. The molecule has 3 rings (SSSR count). The lowest BCUT2D eigenvalue weighted by molar-refractivity contribution is 0.131. The van der Waals surface area contributed by atoms with Gasteiger partial charge in [0.25, 0.3) is 0 Å². The van der Waals surface area contributed by atoms with Gasteiger partial charge in [0.1, 0.15) is 5.75 Å². The van der Waals surface area contributed by atoms with E-state index in [-0.39, 0.29) is 6.10 Å². The zero-order chi connectivity index (χ0) is 13.1. The van der Waals surface area contributed by atoms with Gasteiger partial charge in [-0.15, -0.1) is 0 Å². The Balaban J connectivity index is 1.67. The highest BCUT2D eigenvalue weighted by Gasteiger charge is 2.20. The van der Waals surface area contributed by atoms with Crippen LogP contribution in [0.25, 0.3) is 0 Å². The number of rotatable bonds is 3. The molecule has 1 atom stereocenters. The monoisotopic (exact) mass is 260 g/mol. The van der Waals surface area contributed by atoms with Crippen molar-refractivity contribution < 1.29 is 9.84 Å². The van der Waals surface area contributed by atoms with E-state index in [2.05, 4.69) is 6.07 Å². The van der Waals surface area contributed by atoms with Gasteiger partial charge in [-0.25, -0.2) is 0 Å². The van der Waals surface area contributed by atoms with Gasteiger partial charge in [0, 0.05) is 0 Å². The number of hydrogen-bond acceptors (Lipinski definition) is 2. The number of ether oxygens (including phenoxy) is 1. The first-order valence-electron chi connectivity index (χ1n) is 7.76. The molecule has 0 spiro atoms. The molecule has 19 heavy (non-hydrogen) atoms. The molecule has 104 valence electrons. The quantitative estimate of drug-likeness (QED) is 0.889. The fourth-order valence-electron chi connectivity index (χ4n) is 3.46. The molecule has 1 aromatic carbocycles. The van der Waals surface area contributed by atoms with Crippen LogP contribution in [-0.2, 0) is 6.42 Å². The Labute approximate surface area is 115 Å². The van der Waals surface area contributed by atoms with E-state index >= 15 is 0 Å². The van der Waals surface area contributed by atoms with Crippen molar-refractivity contribution in [2.45, 2.75) is 57.5 Å². The lowest BCUT2D eigenvalue weighted by atomic mass is 9.84. The number of hydrogen-bond donors (Lipinski definition) is 1. The normalized spacial score (nSPS) is 21.5. The maximum absolute atomic E-state index is 10.4. The van der Waals surface area contributed by atoms with Crippen molar-refractivity contribution in [1.29, 1.82) is 0 Å². The molecular formula is C17H24O2. The maximum atomic E-state index is 10.4. The molecule has 1 aromatic rings. The largest absolute Gasteiger partial charge is 0.493 e. The summed E-state index contributed by atoms with van der Waals surface area (Å²) in [6, 6.07) is 6.23. The molecule has 0 radical (unpaired) electrons. The second-order valence-electron chi connectivity index (χ2n) is 6.07. The highest BCUT2D eigenvalue weighted by Crippen LogP contribution is 2.34. The van der Waals surface area contributed by atoms with E-state index in [1.54, 1.807) is 0 Å². The first kappa shape index (κ1) is 13.0. The summed E-state index contributed by atoms with van der Waals surface area (Å²) in [4.78, 5) is 0. The van der Waals surface area contributed by atoms with E-state index in [0.29, 0.717) is 0 Å². The fourth-order valence-corrected chi connectivity index (χ4v) is 3.46. The van der Waals surface area contributed by atoms with Crippen molar-refractivity contribution in [1.82, 2.24) is 0 Å². The van der Waals surface area contributed by atoms with Crippen LogP contribution in [0.1, 0.15) is 62.2 Å².